The van der Waals surface area contributed by atoms with E-state index in [1.54, 1.807) is 4.90 Å². The van der Waals surface area contributed by atoms with E-state index >= 15 is 0 Å². The van der Waals surface area contributed by atoms with Crippen molar-refractivity contribution in [3.8, 4) is 11.4 Å². The molecule has 1 aromatic carbocycles. The fraction of sp³-hybridized carbons (Fsp3) is 0.444. The third-order valence-electron chi connectivity index (χ3n) is 4.22. The molecule has 0 radical (unpaired) electrons. The van der Waals surface area contributed by atoms with Crippen LogP contribution in [0.1, 0.15) is 25.8 Å². The van der Waals surface area contributed by atoms with Crippen LogP contribution in [0.2, 0.25) is 0 Å². The summed E-state index contributed by atoms with van der Waals surface area (Å²) in [6, 6.07) is 7.87. The Morgan fingerprint density at radius 2 is 2.08 bits per heavy atom. The lowest BCUT2D eigenvalue weighted by Crippen LogP contribution is -2.31. The number of nitrogens with zero attached hydrogens (tertiary/aromatic N) is 3. The number of rotatable bonds is 5. The SMILES string of the molecule is Cc1ccc(-c2nc(NC(=O)C3CC(=O)N(CC(C)C)C3)n[nH]2)cc1. The highest BCUT2D eigenvalue weighted by Gasteiger charge is 2.34. The first-order chi connectivity index (χ1) is 11.9. The molecule has 2 aromatic rings. The molecule has 1 fully saturated rings. The molecule has 2 N–H and O–H groups in total. The average molecular weight is 341 g/mol. The number of H-pyrrole nitrogens is 1. The Bertz CT molecular complexity index is 766. The molecule has 1 aromatic heterocycles. The van der Waals surface area contributed by atoms with Crippen LogP contribution in [-0.2, 0) is 9.59 Å². The predicted molar refractivity (Wildman–Crippen MR) is 94.7 cm³/mol. The summed E-state index contributed by atoms with van der Waals surface area (Å²) in [5.74, 6) is 0.677. The van der Waals surface area contributed by atoms with E-state index in [-0.39, 0.29) is 30.1 Å². The summed E-state index contributed by atoms with van der Waals surface area (Å²) >= 11 is 0. The molecule has 7 heteroatoms. The summed E-state index contributed by atoms with van der Waals surface area (Å²) in [7, 11) is 0. The van der Waals surface area contributed by atoms with E-state index in [4.69, 9.17) is 0 Å². The highest BCUT2D eigenvalue weighted by atomic mass is 16.2. The van der Waals surface area contributed by atoms with Crippen molar-refractivity contribution in [1.82, 2.24) is 20.1 Å². The van der Waals surface area contributed by atoms with Crippen LogP contribution in [-0.4, -0.2) is 45.0 Å². The van der Waals surface area contributed by atoms with E-state index in [0.29, 0.717) is 24.8 Å². The Labute approximate surface area is 146 Å². The Morgan fingerprint density at radius 1 is 1.36 bits per heavy atom. The van der Waals surface area contributed by atoms with E-state index in [1.165, 1.54) is 0 Å². The largest absolute Gasteiger partial charge is 0.342 e. The summed E-state index contributed by atoms with van der Waals surface area (Å²) in [6.45, 7) is 7.27. The molecule has 1 aliphatic heterocycles. The van der Waals surface area contributed by atoms with Gasteiger partial charge >= 0.3 is 0 Å². The minimum atomic E-state index is -0.354. The number of benzene rings is 1. The topological polar surface area (TPSA) is 91.0 Å². The lowest BCUT2D eigenvalue weighted by Gasteiger charge is -2.18. The number of hydrogen-bond donors (Lipinski definition) is 2. The van der Waals surface area contributed by atoms with Crippen LogP contribution < -0.4 is 5.32 Å². The second-order valence-electron chi connectivity index (χ2n) is 6.96. The second-order valence-corrected chi connectivity index (χ2v) is 6.96. The van der Waals surface area contributed by atoms with Crippen molar-refractivity contribution in [2.75, 3.05) is 18.4 Å². The quantitative estimate of drug-likeness (QED) is 0.872. The monoisotopic (exact) mass is 341 g/mol. The molecule has 1 saturated heterocycles. The number of carbonyl (C=O) groups is 2. The van der Waals surface area contributed by atoms with Crippen LogP contribution in [0.4, 0.5) is 5.95 Å². The van der Waals surface area contributed by atoms with Crippen molar-refractivity contribution in [1.29, 1.82) is 0 Å². The molecule has 0 spiro atoms. The van der Waals surface area contributed by atoms with Crippen molar-refractivity contribution in [3.63, 3.8) is 0 Å². The Kier molecular flexibility index (Phi) is 4.83. The molecule has 132 valence electrons. The van der Waals surface area contributed by atoms with Gasteiger partial charge in [0.1, 0.15) is 0 Å². The van der Waals surface area contributed by atoms with Gasteiger partial charge in [0, 0.05) is 25.1 Å². The van der Waals surface area contributed by atoms with Crippen molar-refractivity contribution >= 4 is 17.8 Å². The lowest BCUT2D eigenvalue weighted by atomic mass is 10.1. The van der Waals surface area contributed by atoms with Gasteiger partial charge < -0.3 is 4.90 Å². The number of carbonyl (C=O) groups excluding carboxylic acids is 2. The van der Waals surface area contributed by atoms with E-state index in [2.05, 4.69) is 34.3 Å². The molecule has 7 nitrogen and oxygen atoms in total. The molecule has 0 saturated carbocycles. The first-order valence-electron chi connectivity index (χ1n) is 8.50. The summed E-state index contributed by atoms with van der Waals surface area (Å²) < 4.78 is 0. The fourth-order valence-corrected chi connectivity index (χ4v) is 2.94. The van der Waals surface area contributed by atoms with E-state index in [1.807, 2.05) is 31.2 Å². The number of aryl methyl sites for hydroxylation is 1. The Hall–Kier alpha value is -2.70. The first kappa shape index (κ1) is 17.1. The third kappa shape index (κ3) is 4.04. The van der Waals surface area contributed by atoms with Crippen LogP contribution in [0.3, 0.4) is 0 Å². The van der Waals surface area contributed by atoms with Gasteiger partial charge in [-0.1, -0.05) is 43.7 Å². The summed E-state index contributed by atoms with van der Waals surface area (Å²) in [4.78, 5) is 30.5. The van der Waals surface area contributed by atoms with Crippen LogP contribution in [0.5, 0.6) is 0 Å². The molecule has 1 atom stereocenters. The zero-order valence-corrected chi connectivity index (χ0v) is 14.7. The van der Waals surface area contributed by atoms with E-state index in [9.17, 15) is 9.59 Å². The van der Waals surface area contributed by atoms with Crippen LogP contribution >= 0.6 is 0 Å². The minimum absolute atomic E-state index is 0.0316. The van der Waals surface area contributed by atoms with Gasteiger partial charge in [-0.3, -0.25) is 20.0 Å². The van der Waals surface area contributed by atoms with Crippen molar-refractivity contribution < 1.29 is 9.59 Å². The molecule has 2 amide bonds. The highest BCUT2D eigenvalue weighted by Crippen LogP contribution is 2.21. The van der Waals surface area contributed by atoms with E-state index in [0.717, 1.165) is 11.1 Å². The molecule has 25 heavy (non-hydrogen) atoms. The molecule has 1 unspecified atom stereocenters. The van der Waals surface area contributed by atoms with Gasteiger partial charge in [0.15, 0.2) is 5.82 Å². The summed E-state index contributed by atoms with van der Waals surface area (Å²) in [5, 5.41) is 9.58. The normalized spacial score (nSPS) is 17.4. The van der Waals surface area contributed by atoms with Gasteiger partial charge in [-0.05, 0) is 12.8 Å². The average Bonchev–Trinajstić information content (AvgIpc) is 3.15. The maximum absolute atomic E-state index is 12.4. The number of aromatic nitrogens is 3. The predicted octanol–water partition coefficient (Wildman–Crippen LogP) is 2.22. The molecular formula is C18H23N5O2. The van der Waals surface area contributed by atoms with Gasteiger partial charge in [0.05, 0.1) is 5.92 Å². The number of aromatic amines is 1. The Morgan fingerprint density at radius 3 is 2.76 bits per heavy atom. The lowest BCUT2D eigenvalue weighted by molar-refractivity contribution is -0.128. The number of likely N-dealkylation sites (tertiary alicyclic amines) is 1. The van der Waals surface area contributed by atoms with Gasteiger partial charge in [0.2, 0.25) is 17.8 Å². The molecular weight excluding hydrogens is 318 g/mol. The van der Waals surface area contributed by atoms with Gasteiger partial charge in [-0.2, -0.15) is 4.98 Å². The maximum atomic E-state index is 12.4. The molecule has 0 aliphatic carbocycles. The number of anilines is 1. The highest BCUT2D eigenvalue weighted by molar-refractivity contribution is 5.96. The van der Waals surface area contributed by atoms with Crippen LogP contribution in [0.25, 0.3) is 11.4 Å². The molecule has 2 heterocycles. The summed E-state index contributed by atoms with van der Waals surface area (Å²) in [6.07, 6.45) is 0.244. The van der Waals surface area contributed by atoms with Crippen LogP contribution in [0, 0.1) is 18.8 Å². The molecule has 0 bridgehead atoms. The molecule has 3 rings (SSSR count). The van der Waals surface area contributed by atoms with Crippen LogP contribution in [0.15, 0.2) is 24.3 Å². The second kappa shape index (κ2) is 7.04. The van der Waals surface area contributed by atoms with Crippen molar-refractivity contribution in [2.45, 2.75) is 27.2 Å². The smallest absolute Gasteiger partial charge is 0.249 e. The third-order valence-corrected chi connectivity index (χ3v) is 4.22. The van der Waals surface area contributed by atoms with Gasteiger partial charge in [0.25, 0.3) is 0 Å². The number of nitrogens with one attached hydrogen (secondary N) is 2. The fourth-order valence-electron chi connectivity index (χ4n) is 2.94. The van der Waals surface area contributed by atoms with Gasteiger partial charge in [-0.25, -0.2) is 0 Å². The number of amides is 2. The molecule has 1 aliphatic rings. The van der Waals surface area contributed by atoms with Gasteiger partial charge in [-0.15, -0.1) is 5.10 Å². The zero-order valence-electron chi connectivity index (χ0n) is 14.7. The standard InChI is InChI=1S/C18H23N5O2/c1-11(2)9-23-10-14(8-15(23)24)17(25)20-18-19-16(21-22-18)13-6-4-12(3)5-7-13/h4-7,11,14H,8-10H2,1-3H3,(H2,19,20,21,22,25). The number of hydrogen-bond acceptors (Lipinski definition) is 4. The van der Waals surface area contributed by atoms with Crippen molar-refractivity contribution in [2.24, 2.45) is 11.8 Å². The minimum Gasteiger partial charge on any atom is -0.342 e. The van der Waals surface area contributed by atoms with E-state index < -0.39 is 0 Å². The summed E-state index contributed by atoms with van der Waals surface area (Å²) in [5.41, 5.74) is 2.06. The van der Waals surface area contributed by atoms with Crippen molar-refractivity contribution in [3.05, 3.63) is 29.8 Å². The maximum Gasteiger partial charge on any atom is 0.249 e. The zero-order chi connectivity index (χ0) is 18.0. The first-order valence-corrected chi connectivity index (χ1v) is 8.50. The Balaban J connectivity index is 1.62.